The number of hydrogen-bond acceptors (Lipinski definition) is 2. The monoisotopic (exact) mass is 300 g/mol. The number of rotatable bonds is 8. The zero-order chi connectivity index (χ0) is 14.1. The van der Waals surface area contributed by atoms with E-state index in [0.29, 0.717) is 12.3 Å². The Morgan fingerprint density at radius 2 is 2.00 bits per heavy atom. The SMILES string of the molecule is Cc1ccc(S(=O)C[C@@H](O)C/C=C/CCCCl)cc1. The molecule has 2 atom stereocenters. The number of unbranched alkanes of at least 4 members (excludes halogenated alkanes) is 1. The third-order valence-electron chi connectivity index (χ3n) is 2.71. The Balaban J connectivity index is 2.35. The molecule has 0 fully saturated rings. The summed E-state index contributed by atoms with van der Waals surface area (Å²) in [6, 6.07) is 7.58. The van der Waals surface area contributed by atoms with Crippen LogP contribution in [0.5, 0.6) is 0 Å². The highest BCUT2D eigenvalue weighted by atomic mass is 35.5. The number of aliphatic hydroxyl groups is 1. The van der Waals surface area contributed by atoms with Gasteiger partial charge in [0, 0.05) is 10.8 Å². The zero-order valence-electron chi connectivity index (χ0n) is 11.2. The van der Waals surface area contributed by atoms with E-state index in [1.807, 2.05) is 43.3 Å². The van der Waals surface area contributed by atoms with Gasteiger partial charge in [0.05, 0.1) is 22.7 Å². The number of aliphatic hydroxyl groups excluding tert-OH is 1. The van der Waals surface area contributed by atoms with Crippen molar-refractivity contribution in [1.82, 2.24) is 0 Å². The fraction of sp³-hybridized carbons (Fsp3) is 0.467. The highest BCUT2D eigenvalue weighted by molar-refractivity contribution is 7.85. The number of aryl methyl sites for hydroxylation is 1. The van der Waals surface area contributed by atoms with Crippen LogP contribution in [0.3, 0.4) is 0 Å². The average molecular weight is 301 g/mol. The minimum Gasteiger partial charge on any atom is -0.392 e. The summed E-state index contributed by atoms with van der Waals surface area (Å²) in [6.45, 7) is 1.99. The molecule has 2 nitrogen and oxygen atoms in total. The van der Waals surface area contributed by atoms with Crippen molar-refractivity contribution >= 4 is 22.4 Å². The maximum absolute atomic E-state index is 12.0. The molecule has 19 heavy (non-hydrogen) atoms. The van der Waals surface area contributed by atoms with E-state index in [-0.39, 0.29) is 5.75 Å². The van der Waals surface area contributed by atoms with Crippen LogP contribution in [0.1, 0.15) is 24.8 Å². The summed E-state index contributed by atoms with van der Waals surface area (Å²) in [4.78, 5) is 0.774. The van der Waals surface area contributed by atoms with Gasteiger partial charge in [-0.1, -0.05) is 29.8 Å². The minimum atomic E-state index is -1.14. The number of allylic oxidation sites excluding steroid dienone is 1. The molecule has 0 bridgehead atoms. The van der Waals surface area contributed by atoms with Crippen LogP contribution in [0.15, 0.2) is 41.3 Å². The van der Waals surface area contributed by atoms with Crippen LogP contribution < -0.4 is 0 Å². The van der Waals surface area contributed by atoms with Gasteiger partial charge in [-0.3, -0.25) is 4.21 Å². The van der Waals surface area contributed by atoms with E-state index in [0.717, 1.165) is 23.3 Å². The van der Waals surface area contributed by atoms with Gasteiger partial charge in [-0.2, -0.15) is 0 Å². The van der Waals surface area contributed by atoms with Crippen molar-refractivity contribution in [3.63, 3.8) is 0 Å². The van der Waals surface area contributed by atoms with Gasteiger partial charge in [-0.15, -0.1) is 11.6 Å². The lowest BCUT2D eigenvalue weighted by molar-refractivity contribution is 0.202. The Bertz CT molecular complexity index is 415. The second-order valence-corrected chi connectivity index (χ2v) is 6.39. The van der Waals surface area contributed by atoms with Gasteiger partial charge in [-0.05, 0) is 38.3 Å². The first-order valence-corrected chi connectivity index (χ1v) is 8.33. The van der Waals surface area contributed by atoms with Gasteiger partial charge in [0.2, 0.25) is 0 Å². The first kappa shape index (κ1) is 16.4. The molecule has 0 aliphatic rings. The number of hydrogen-bond donors (Lipinski definition) is 1. The largest absolute Gasteiger partial charge is 0.392 e. The van der Waals surface area contributed by atoms with Crippen LogP contribution >= 0.6 is 11.6 Å². The van der Waals surface area contributed by atoms with E-state index < -0.39 is 16.9 Å². The van der Waals surface area contributed by atoms with Crippen LogP contribution in [-0.4, -0.2) is 27.1 Å². The van der Waals surface area contributed by atoms with Crippen molar-refractivity contribution in [2.24, 2.45) is 0 Å². The highest BCUT2D eigenvalue weighted by Crippen LogP contribution is 2.10. The molecule has 0 aromatic heterocycles. The first-order valence-electron chi connectivity index (χ1n) is 6.47. The van der Waals surface area contributed by atoms with E-state index >= 15 is 0 Å². The number of halogens is 1. The number of alkyl halides is 1. The van der Waals surface area contributed by atoms with Gasteiger partial charge in [-0.25, -0.2) is 0 Å². The Kier molecular flexibility index (Phi) is 8.03. The lowest BCUT2D eigenvalue weighted by atomic mass is 10.2. The Hall–Kier alpha value is -0.640. The molecule has 0 amide bonds. The lowest BCUT2D eigenvalue weighted by Crippen LogP contribution is -2.15. The van der Waals surface area contributed by atoms with Crippen LogP contribution in [0.2, 0.25) is 0 Å². The molecule has 0 heterocycles. The standard InChI is InChI=1S/C15H21ClO2S/c1-13-7-9-15(10-8-13)19(18)12-14(17)6-4-2-3-5-11-16/h2,4,7-10,14,17H,3,5-6,11-12H2,1H3/b4-2+/t14-,19?/m0/s1. The van der Waals surface area contributed by atoms with Crippen molar-refractivity contribution in [1.29, 1.82) is 0 Å². The normalized spacial score (nSPS) is 14.7. The van der Waals surface area contributed by atoms with Gasteiger partial charge in [0.25, 0.3) is 0 Å². The molecule has 4 heteroatoms. The van der Waals surface area contributed by atoms with E-state index in [9.17, 15) is 9.32 Å². The lowest BCUT2D eigenvalue weighted by Gasteiger charge is -2.08. The molecule has 0 spiro atoms. The third-order valence-corrected chi connectivity index (χ3v) is 4.46. The predicted octanol–water partition coefficient (Wildman–Crippen LogP) is 3.43. The smallest absolute Gasteiger partial charge is 0.0693 e. The van der Waals surface area contributed by atoms with Crippen LogP contribution in [0.4, 0.5) is 0 Å². The second-order valence-electron chi connectivity index (χ2n) is 4.52. The fourth-order valence-electron chi connectivity index (χ4n) is 1.60. The molecule has 1 rings (SSSR count). The Morgan fingerprint density at radius 3 is 2.63 bits per heavy atom. The van der Waals surface area contributed by atoms with E-state index in [1.54, 1.807) is 0 Å². The van der Waals surface area contributed by atoms with Gasteiger partial charge >= 0.3 is 0 Å². The molecular weight excluding hydrogens is 280 g/mol. The van der Waals surface area contributed by atoms with Gasteiger partial charge in [0.15, 0.2) is 0 Å². The molecular formula is C15H21ClO2S. The molecule has 0 aliphatic heterocycles. The third kappa shape index (κ3) is 6.90. The summed E-state index contributed by atoms with van der Waals surface area (Å²) in [7, 11) is -1.14. The minimum absolute atomic E-state index is 0.281. The maximum Gasteiger partial charge on any atom is 0.0693 e. The summed E-state index contributed by atoms with van der Waals surface area (Å²) in [5, 5.41) is 9.82. The average Bonchev–Trinajstić information content (AvgIpc) is 2.39. The predicted molar refractivity (Wildman–Crippen MR) is 82.2 cm³/mol. The molecule has 0 aliphatic carbocycles. The summed E-state index contributed by atoms with van der Waals surface area (Å²) < 4.78 is 12.0. The quantitative estimate of drug-likeness (QED) is 0.454. The molecule has 106 valence electrons. The summed E-state index contributed by atoms with van der Waals surface area (Å²) in [5.74, 6) is 0.938. The van der Waals surface area contributed by atoms with E-state index in [4.69, 9.17) is 11.6 Å². The van der Waals surface area contributed by atoms with E-state index in [1.165, 1.54) is 0 Å². The summed E-state index contributed by atoms with van der Waals surface area (Å²) in [6.07, 6.45) is 5.80. The fourth-order valence-corrected chi connectivity index (χ4v) is 2.87. The summed E-state index contributed by atoms with van der Waals surface area (Å²) in [5.41, 5.74) is 1.14. The summed E-state index contributed by atoms with van der Waals surface area (Å²) >= 11 is 5.57. The van der Waals surface area contributed by atoms with Crippen molar-refractivity contribution in [3.05, 3.63) is 42.0 Å². The molecule has 1 unspecified atom stereocenters. The molecule has 0 saturated heterocycles. The topological polar surface area (TPSA) is 37.3 Å². The first-order chi connectivity index (χ1) is 9.13. The zero-order valence-corrected chi connectivity index (χ0v) is 12.8. The molecule has 1 N–H and O–H groups in total. The van der Waals surface area contributed by atoms with Crippen LogP contribution in [0, 0.1) is 6.92 Å². The van der Waals surface area contributed by atoms with Crippen molar-refractivity contribution in [2.75, 3.05) is 11.6 Å². The Labute approximate surface area is 122 Å². The molecule has 0 saturated carbocycles. The van der Waals surface area contributed by atoms with E-state index in [2.05, 4.69) is 0 Å². The van der Waals surface area contributed by atoms with Gasteiger partial charge in [0.1, 0.15) is 0 Å². The van der Waals surface area contributed by atoms with Crippen molar-refractivity contribution in [3.8, 4) is 0 Å². The van der Waals surface area contributed by atoms with Crippen molar-refractivity contribution < 1.29 is 9.32 Å². The number of benzene rings is 1. The maximum atomic E-state index is 12.0. The molecule has 1 aromatic rings. The molecule has 0 radical (unpaired) electrons. The van der Waals surface area contributed by atoms with Crippen LogP contribution in [-0.2, 0) is 10.8 Å². The highest BCUT2D eigenvalue weighted by Gasteiger charge is 2.09. The molecule has 1 aromatic carbocycles. The van der Waals surface area contributed by atoms with Gasteiger partial charge < -0.3 is 5.11 Å². The van der Waals surface area contributed by atoms with Crippen molar-refractivity contribution in [2.45, 2.75) is 37.2 Å². The second kappa shape index (κ2) is 9.29. The Morgan fingerprint density at radius 1 is 1.32 bits per heavy atom. The van der Waals surface area contributed by atoms with Crippen LogP contribution in [0.25, 0.3) is 0 Å².